The van der Waals surface area contributed by atoms with Crippen LogP contribution in [-0.4, -0.2) is 32.3 Å². The molecule has 0 spiro atoms. The molecule has 31 heavy (non-hydrogen) atoms. The lowest BCUT2D eigenvalue weighted by molar-refractivity contribution is -0.385. The third kappa shape index (κ3) is 6.30. The van der Waals surface area contributed by atoms with Crippen molar-refractivity contribution in [2.24, 2.45) is 0 Å². The summed E-state index contributed by atoms with van der Waals surface area (Å²) in [7, 11) is 0. The zero-order chi connectivity index (χ0) is 23.6. The van der Waals surface area contributed by atoms with E-state index in [4.69, 9.17) is 0 Å². The third-order valence-electron chi connectivity index (χ3n) is 3.82. The first-order valence-corrected chi connectivity index (χ1v) is 9.15. The number of halogens is 6. The summed E-state index contributed by atoms with van der Waals surface area (Å²) in [5, 5.41) is 22.7. The van der Waals surface area contributed by atoms with Gasteiger partial charge in [-0.1, -0.05) is 0 Å². The van der Waals surface area contributed by atoms with E-state index >= 15 is 0 Å². The third-order valence-corrected chi connectivity index (χ3v) is 5.05. The molecule has 0 aliphatic carbocycles. The minimum atomic E-state index is -5.04. The maximum absolute atomic E-state index is 13.2. The number of amides is 1. The number of alkyl halides is 6. The Hall–Kier alpha value is -2.87. The van der Waals surface area contributed by atoms with Crippen molar-refractivity contribution in [3.05, 3.63) is 57.8 Å². The van der Waals surface area contributed by atoms with Crippen molar-refractivity contribution >= 4 is 29.0 Å². The molecule has 0 fully saturated rings. The van der Waals surface area contributed by atoms with Crippen LogP contribution in [0.1, 0.15) is 18.1 Å². The van der Waals surface area contributed by atoms with Crippen molar-refractivity contribution in [1.29, 1.82) is 0 Å². The molecule has 1 unspecified atom stereocenters. The second-order valence-electron chi connectivity index (χ2n) is 6.38. The maximum Gasteiger partial charge on any atom is 0.418 e. The number of carbonyl (C=O) groups is 1. The molecule has 7 nitrogen and oxygen atoms in total. The normalized spacial score (nSPS) is 14.1. The number of nitrogens with zero attached hydrogens (tertiary/aromatic N) is 2. The van der Waals surface area contributed by atoms with Crippen LogP contribution in [0.3, 0.4) is 0 Å². The van der Waals surface area contributed by atoms with Crippen LogP contribution in [0.4, 0.5) is 37.7 Å². The Balaban J connectivity index is 2.19. The highest BCUT2D eigenvalue weighted by molar-refractivity contribution is 7.99. The minimum absolute atomic E-state index is 0.172. The fourth-order valence-electron chi connectivity index (χ4n) is 2.19. The summed E-state index contributed by atoms with van der Waals surface area (Å²) in [6.45, 7) is 0.946. The second-order valence-corrected chi connectivity index (χ2v) is 7.38. The fraction of sp³-hybridized carbons (Fsp3) is 0.294. The van der Waals surface area contributed by atoms with Crippen LogP contribution >= 0.6 is 11.8 Å². The van der Waals surface area contributed by atoms with Crippen LogP contribution in [0.2, 0.25) is 0 Å². The SMILES string of the molecule is CC(O)(CSc1cc(C(F)(F)F)ccn1)C(=O)Nc1ccc([N+](=O)[O-])cc1C(F)(F)F. The zero-order valence-corrected chi connectivity index (χ0v) is 16.2. The number of hydrogen-bond acceptors (Lipinski definition) is 6. The van der Waals surface area contributed by atoms with Gasteiger partial charge in [0.2, 0.25) is 0 Å². The Morgan fingerprint density at radius 1 is 1.16 bits per heavy atom. The van der Waals surface area contributed by atoms with Crippen molar-refractivity contribution in [1.82, 2.24) is 4.98 Å². The van der Waals surface area contributed by atoms with Crippen LogP contribution in [0, 0.1) is 10.1 Å². The lowest BCUT2D eigenvalue weighted by Gasteiger charge is -2.23. The van der Waals surface area contributed by atoms with Crippen LogP contribution in [-0.2, 0) is 17.1 Å². The molecule has 1 amide bonds. The molecule has 1 atom stereocenters. The number of nitro groups is 1. The van der Waals surface area contributed by atoms with Crippen LogP contribution in [0.5, 0.6) is 0 Å². The highest BCUT2D eigenvalue weighted by Gasteiger charge is 2.38. The number of benzene rings is 1. The minimum Gasteiger partial charge on any atom is -0.379 e. The van der Waals surface area contributed by atoms with Gasteiger partial charge in [0.15, 0.2) is 0 Å². The summed E-state index contributed by atoms with van der Waals surface area (Å²) < 4.78 is 77.8. The van der Waals surface area contributed by atoms with E-state index in [0.29, 0.717) is 23.9 Å². The van der Waals surface area contributed by atoms with E-state index in [2.05, 4.69) is 4.98 Å². The molecule has 0 saturated carbocycles. The molecule has 1 heterocycles. The average Bonchev–Trinajstić information content (AvgIpc) is 2.65. The summed E-state index contributed by atoms with van der Waals surface area (Å²) >= 11 is 0.579. The molecule has 1 aromatic carbocycles. The first-order chi connectivity index (χ1) is 14.1. The molecule has 0 bridgehead atoms. The number of aliphatic hydroxyl groups is 1. The Morgan fingerprint density at radius 3 is 2.35 bits per heavy atom. The summed E-state index contributed by atoms with van der Waals surface area (Å²) in [6, 6.07) is 3.04. The standard InChI is InChI=1S/C17H13F6N3O4S/c1-15(28,8-31-13-6-9(4-5-24-13)16(18,19)20)14(27)25-12-3-2-10(26(29)30)7-11(12)17(21,22)23/h2-7,28H,8H2,1H3,(H,25,27). The number of anilines is 1. The van der Waals surface area contributed by atoms with Gasteiger partial charge in [-0.2, -0.15) is 26.3 Å². The molecule has 14 heteroatoms. The highest BCUT2D eigenvalue weighted by Crippen LogP contribution is 2.37. The van der Waals surface area contributed by atoms with E-state index in [0.717, 1.165) is 25.3 Å². The Bertz CT molecular complexity index is 995. The van der Waals surface area contributed by atoms with E-state index in [1.54, 1.807) is 0 Å². The predicted octanol–water partition coefficient (Wildman–Crippen LogP) is 4.51. The molecule has 0 radical (unpaired) electrons. The molecule has 2 aromatic rings. The van der Waals surface area contributed by atoms with Gasteiger partial charge in [0, 0.05) is 24.1 Å². The summed E-state index contributed by atoms with van der Waals surface area (Å²) in [6.07, 6.45) is -8.80. The maximum atomic E-state index is 13.2. The monoisotopic (exact) mass is 469 g/mol. The summed E-state index contributed by atoms with van der Waals surface area (Å²) in [4.78, 5) is 25.6. The summed E-state index contributed by atoms with van der Waals surface area (Å²) in [5.74, 6) is -1.84. The molecular formula is C17H13F6N3O4S. The summed E-state index contributed by atoms with van der Waals surface area (Å²) in [5.41, 5.74) is -6.51. The zero-order valence-electron chi connectivity index (χ0n) is 15.4. The molecule has 2 rings (SSSR count). The fourth-order valence-corrected chi connectivity index (χ4v) is 3.10. The van der Waals surface area contributed by atoms with Gasteiger partial charge in [-0.3, -0.25) is 14.9 Å². The van der Waals surface area contributed by atoms with Gasteiger partial charge in [0.1, 0.15) is 5.60 Å². The highest BCUT2D eigenvalue weighted by atomic mass is 32.2. The van der Waals surface area contributed by atoms with Gasteiger partial charge in [-0.15, -0.1) is 11.8 Å². The predicted molar refractivity (Wildman–Crippen MR) is 97.3 cm³/mol. The smallest absolute Gasteiger partial charge is 0.379 e. The molecule has 1 aromatic heterocycles. The Morgan fingerprint density at radius 2 is 1.81 bits per heavy atom. The van der Waals surface area contributed by atoms with E-state index < -0.39 is 57.0 Å². The first kappa shape index (κ1) is 24.4. The van der Waals surface area contributed by atoms with E-state index in [1.165, 1.54) is 0 Å². The van der Waals surface area contributed by atoms with Crippen LogP contribution in [0.15, 0.2) is 41.6 Å². The van der Waals surface area contributed by atoms with Crippen molar-refractivity contribution < 1.29 is 41.2 Å². The molecule has 168 valence electrons. The van der Waals surface area contributed by atoms with Crippen molar-refractivity contribution in [3.8, 4) is 0 Å². The quantitative estimate of drug-likeness (QED) is 0.279. The first-order valence-electron chi connectivity index (χ1n) is 8.17. The van der Waals surface area contributed by atoms with E-state index in [-0.39, 0.29) is 11.1 Å². The second kappa shape index (κ2) is 8.70. The van der Waals surface area contributed by atoms with Crippen molar-refractivity contribution in [2.45, 2.75) is 29.9 Å². The van der Waals surface area contributed by atoms with Gasteiger partial charge in [-0.05, 0) is 25.1 Å². The van der Waals surface area contributed by atoms with Gasteiger partial charge in [0.05, 0.1) is 26.8 Å². The molecule has 2 N–H and O–H groups in total. The van der Waals surface area contributed by atoms with E-state index in [1.807, 2.05) is 5.32 Å². The number of nitro benzene ring substituents is 1. The lowest BCUT2D eigenvalue weighted by atomic mass is 10.1. The van der Waals surface area contributed by atoms with E-state index in [9.17, 15) is 46.4 Å². The number of non-ortho nitro benzene ring substituents is 1. The number of carbonyl (C=O) groups excluding carboxylic acids is 1. The number of pyridine rings is 1. The Kier molecular flexibility index (Phi) is 6.85. The van der Waals surface area contributed by atoms with Gasteiger partial charge in [0.25, 0.3) is 11.6 Å². The lowest BCUT2D eigenvalue weighted by Crippen LogP contribution is -2.42. The number of nitrogens with one attached hydrogen (secondary N) is 1. The molecule has 0 saturated heterocycles. The largest absolute Gasteiger partial charge is 0.418 e. The van der Waals surface area contributed by atoms with Gasteiger partial charge < -0.3 is 10.4 Å². The average molecular weight is 469 g/mol. The number of aromatic nitrogens is 1. The van der Waals surface area contributed by atoms with Crippen molar-refractivity contribution in [3.63, 3.8) is 0 Å². The molecule has 0 aliphatic rings. The molecular weight excluding hydrogens is 456 g/mol. The number of rotatable bonds is 6. The topological polar surface area (TPSA) is 105 Å². The number of thioether (sulfide) groups is 1. The Labute approximate surface area is 174 Å². The van der Waals surface area contributed by atoms with Crippen LogP contribution in [0.25, 0.3) is 0 Å². The van der Waals surface area contributed by atoms with Gasteiger partial charge >= 0.3 is 12.4 Å². The number of hydrogen-bond donors (Lipinski definition) is 2. The molecule has 0 aliphatic heterocycles. The van der Waals surface area contributed by atoms with Crippen LogP contribution < -0.4 is 5.32 Å². The van der Waals surface area contributed by atoms with Crippen molar-refractivity contribution in [2.75, 3.05) is 11.1 Å². The van der Waals surface area contributed by atoms with Gasteiger partial charge in [-0.25, -0.2) is 4.98 Å².